The van der Waals surface area contributed by atoms with Crippen LogP contribution in [0.2, 0.25) is 0 Å². The van der Waals surface area contributed by atoms with Gasteiger partial charge in [0.25, 0.3) is 5.69 Å². The number of nitro groups is 1. The van der Waals surface area contributed by atoms with E-state index >= 15 is 0 Å². The van der Waals surface area contributed by atoms with Gasteiger partial charge in [-0.25, -0.2) is 18.4 Å². The molecule has 0 aliphatic carbocycles. The van der Waals surface area contributed by atoms with Crippen LogP contribution in [0.4, 0.5) is 11.5 Å². The molecule has 3 rings (SSSR count). The summed E-state index contributed by atoms with van der Waals surface area (Å²) < 4.78 is 26.0. The lowest BCUT2D eigenvalue weighted by molar-refractivity contribution is -0.384. The molecular formula is C22H31N5O4S. The maximum Gasteiger partial charge on any atom is 0.269 e. The first-order valence-corrected chi connectivity index (χ1v) is 12.6. The van der Waals surface area contributed by atoms with Crippen LogP contribution >= 0.6 is 0 Å². The van der Waals surface area contributed by atoms with Crippen LogP contribution in [0, 0.1) is 17.0 Å². The zero-order valence-electron chi connectivity index (χ0n) is 19.1. The maximum absolute atomic E-state index is 12.3. The third-order valence-electron chi connectivity index (χ3n) is 6.09. The number of benzene rings is 1. The minimum atomic E-state index is -3.21. The predicted octanol–water partition coefficient (Wildman–Crippen LogP) is 3.27. The van der Waals surface area contributed by atoms with Crippen molar-refractivity contribution in [2.75, 3.05) is 36.8 Å². The Kier molecular flexibility index (Phi) is 7.45. The summed E-state index contributed by atoms with van der Waals surface area (Å²) in [6.07, 6.45) is 1.47. The van der Waals surface area contributed by atoms with Crippen molar-refractivity contribution in [2.24, 2.45) is 0 Å². The number of aryl methyl sites for hydroxylation is 1. The van der Waals surface area contributed by atoms with Crippen molar-refractivity contribution in [2.45, 2.75) is 46.5 Å². The molecule has 9 nitrogen and oxygen atoms in total. The monoisotopic (exact) mass is 461 g/mol. The van der Waals surface area contributed by atoms with E-state index in [1.165, 1.54) is 12.1 Å². The summed E-state index contributed by atoms with van der Waals surface area (Å²) in [6, 6.07) is 6.53. The molecule has 1 atom stereocenters. The number of piperazine rings is 1. The second-order valence-corrected chi connectivity index (χ2v) is 10.4. The fourth-order valence-electron chi connectivity index (χ4n) is 3.77. The van der Waals surface area contributed by atoms with Crippen molar-refractivity contribution in [1.29, 1.82) is 0 Å². The van der Waals surface area contributed by atoms with Crippen molar-refractivity contribution in [1.82, 2.24) is 14.3 Å². The Balaban J connectivity index is 1.94. The van der Waals surface area contributed by atoms with Crippen LogP contribution in [0.3, 0.4) is 0 Å². The molecule has 1 aliphatic heterocycles. The van der Waals surface area contributed by atoms with E-state index < -0.39 is 14.9 Å². The van der Waals surface area contributed by atoms with E-state index in [1.807, 2.05) is 6.92 Å². The number of sulfonamides is 1. The Morgan fingerprint density at radius 3 is 2.25 bits per heavy atom. The fraction of sp³-hybridized carbons (Fsp3) is 0.545. The van der Waals surface area contributed by atoms with Crippen LogP contribution in [-0.4, -0.2) is 59.5 Å². The second-order valence-electron chi connectivity index (χ2n) is 8.17. The third-order valence-corrected chi connectivity index (χ3v) is 7.97. The Morgan fingerprint density at radius 2 is 1.72 bits per heavy atom. The van der Waals surface area contributed by atoms with Crippen LogP contribution in [0.5, 0.6) is 0 Å². The van der Waals surface area contributed by atoms with Crippen LogP contribution in [0.25, 0.3) is 0 Å². The third kappa shape index (κ3) is 5.24. The van der Waals surface area contributed by atoms with Crippen LogP contribution in [0.15, 0.2) is 24.3 Å². The molecular weight excluding hydrogens is 430 g/mol. The van der Waals surface area contributed by atoms with Gasteiger partial charge in [-0.15, -0.1) is 0 Å². The van der Waals surface area contributed by atoms with Crippen molar-refractivity contribution >= 4 is 21.5 Å². The molecule has 174 valence electrons. The van der Waals surface area contributed by atoms with Crippen molar-refractivity contribution in [3.8, 4) is 0 Å². The van der Waals surface area contributed by atoms with Gasteiger partial charge in [0.15, 0.2) is 0 Å². The van der Waals surface area contributed by atoms with E-state index in [9.17, 15) is 18.5 Å². The molecule has 0 unspecified atom stereocenters. The van der Waals surface area contributed by atoms with Crippen molar-refractivity contribution in [3.05, 3.63) is 57.0 Å². The molecule has 0 N–H and O–H groups in total. The van der Waals surface area contributed by atoms with Gasteiger partial charge in [-0.2, -0.15) is 4.31 Å². The zero-order chi connectivity index (χ0) is 23.5. The molecule has 10 heteroatoms. The molecule has 1 saturated heterocycles. The summed E-state index contributed by atoms with van der Waals surface area (Å²) in [5, 5.41) is 11.0. The highest BCUT2D eigenvalue weighted by Gasteiger charge is 2.28. The summed E-state index contributed by atoms with van der Waals surface area (Å²) in [5.74, 6) is 1.93. The van der Waals surface area contributed by atoms with Crippen LogP contribution < -0.4 is 4.90 Å². The average Bonchev–Trinajstić information content (AvgIpc) is 2.80. The Labute approximate surface area is 189 Å². The first-order chi connectivity index (χ1) is 15.2. The molecule has 32 heavy (non-hydrogen) atoms. The molecule has 0 saturated carbocycles. The fourth-order valence-corrected chi connectivity index (χ4v) is 4.86. The van der Waals surface area contributed by atoms with E-state index in [2.05, 4.69) is 18.7 Å². The Morgan fingerprint density at radius 1 is 1.09 bits per heavy atom. The lowest BCUT2D eigenvalue weighted by Gasteiger charge is -2.36. The topological polar surface area (TPSA) is 110 Å². The van der Waals surface area contributed by atoms with Gasteiger partial charge in [0, 0.05) is 61.9 Å². The van der Waals surface area contributed by atoms with E-state index in [-0.39, 0.29) is 17.4 Å². The predicted molar refractivity (Wildman–Crippen MR) is 125 cm³/mol. The first-order valence-electron chi connectivity index (χ1n) is 11.0. The van der Waals surface area contributed by atoms with E-state index in [4.69, 9.17) is 9.97 Å². The maximum atomic E-state index is 12.3. The molecule has 1 aliphatic rings. The lowest BCUT2D eigenvalue weighted by atomic mass is 10.0. The van der Waals surface area contributed by atoms with E-state index in [1.54, 1.807) is 23.4 Å². The molecule has 2 aromatic rings. The smallest absolute Gasteiger partial charge is 0.269 e. The van der Waals surface area contributed by atoms with Gasteiger partial charge in [0.1, 0.15) is 11.6 Å². The first kappa shape index (κ1) is 24.1. The molecule has 0 amide bonds. The van der Waals surface area contributed by atoms with Gasteiger partial charge in [-0.05, 0) is 25.8 Å². The lowest BCUT2D eigenvalue weighted by Crippen LogP contribution is -2.49. The molecule has 2 heterocycles. The normalized spacial score (nSPS) is 16.2. The molecule has 1 aromatic heterocycles. The number of nitro benzene ring substituents is 1. The van der Waals surface area contributed by atoms with Gasteiger partial charge < -0.3 is 4.90 Å². The number of anilines is 1. The number of hydrogen-bond donors (Lipinski definition) is 0. The van der Waals surface area contributed by atoms with Crippen LogP contribution in [-0.2, 0) is 16.4 Å². The minimum absolute atomic E-state index is 0.0577. The summed E-state index contributed by atoms with van der Waals surface area (Å²) in [5.41, 5.74) is 2.85. The number of rotatable bonds is 8. The van der Waals surface area contributed by atoms with Gasteiger partial charge in [0.05, 0.1) is 10.7 Å². The molecule has 1 fully saturated rings. The Hall–Kier alpha value is -2.59. The summed E-state index contributed by atoms with van der Waals surface area (Å²) in [4.78, 5) is 22.4. The summed E-state index contributed by atoms with van der Waals surface area (Å²) >= 11 is 0. The molecule has 0 spiro atoms. The SMILES string of the molecule is CC[C@H](C)c1nc(C)c(Cc2ccc([N+](=O)[O-])cc2)c(N2CCN(S(=O)(=O)CC)CC2)n1. The van der Waals surface area contributed by atoms with Crippen LogP contribution in [0.1, 0.15) is 55.8 Å². The quantitative estimate of drug-likeness (QED) is 0.438. The highest BCUT2D eigenvalue weighted by atomic mass is 32.2. The van der Waals surface area contributed by atoms with Crippen molar-refractivity contribution < 1.29 is 13.3 Å². The highest BCUT2D eigenvalue weighted by Crippen LogP contribution is 2.28. The molecule has 0 radical (unpaired) electrons. The van der Waals surface area contributed by atoms with E-state index in [0.29, 0.717) is 32.6 Å². The Bertz CT molecular complexity index is 1060. The average molecular weight is 462 g/mol. The van der Waals surface area contributed by atoms with Gasteiger partial charge in [-0.1, -0.05) is 26.0 Å². The number of nitrogens with zero attached hydrogens (tertiary/aromatic N) is 5. The number of aromatic nitrogens is 2. The number of non-ortho nitro benzene ring substituents is 1. The highest BCUT2D eigenvalue weighted by molar-refractivity contribution is 7.89. The van der Waals surface area contributed by atoms with E-state index in [0.717, 1.165) is 34.9 Å². The zero-order valence-corrected chi connectivity index (χ0v) is 19.9. The van der Waals surface area contributed by atoms with Gasteiger partial charge in [-0.3, -0.25) is 10.1 Å². The number of hydrogen-bond acceptors (Lipinski definition) is 7. The summed E-state index contributed by atoms with van der Waals surface area (Å²) in [6.45, 7) is 9.80. The summed E-state index contributed by atoms with van der Waals surface area (Å²) in [7, 11) is -3.21. The van der Waals surface area contributed by atoms with Crippen molar-refractivity contribution in [3.63, 3.8) is 0 Å². The largest absolute Gasteiger partial charge is 0.354 e. The van der Waals surface area contributed by atoms with Gasteiger partial charge in [0.2, 0.25) is 10.0 Å². The molecule has 1 aromatic carbocycles. The standard InChI is InChI=1S/C22H31N5O4S/c1-5-16(3)21-23-17(4)20(15-18-7-9-19(10-8-18)27(28)29)22(24-21)25-11-13-26(14-12-25)32(30,31)6-2/h7-10,16H,5-6,11-15H2,1-4H3/t16-/m0/s1. The molecule has 0 bridgehead atoms. The second kappa shape index (κ2) is 9.91. The minimum Gasteiger partial charge on any atom is -0.354 e. The van der Waals surface area contributed by atoms with Gasteiger partial charge >= 0.3 is 0 Å².